The van der Waals surface area contributed by atoms with Gasteiger partial charge < -0.3 is 10.2 Å². The lowest BCUT2D eigenvalue weighted by molar-refractivity contribution is 0.0696. The van der Waals surface area contributed by atoms with Crippen molar-refractivity contribution in [3.63, 3.8) is 0 Å². The average Bonchev–Trinajstić information content (AvgIpc) is 2.54. The molecule has 20 heavy (non-hydrogen) atoms. The lowest BCUT2D eigenvalue weighted by Gasteiger charge is -2.31. The number of benzene rings is 1. The van der Waals surface area contributed by atoms with E-state index in [1.807, 2.05) is 18.0 Å². The van der Waals surface area contributed by atoms with Crippen molar-refractivity contribution in [3.8, 4) is 0 Å². The van der Waals surface area contributed by atoms with Gasteiger partial charge in [-0.25, -0.2) is 0 Å². The molecular weight excluding hydrogens is 248 g/mol. The minimum absolute atomic E-state index is 0.185. The second kappa shape index (κ2) is 5.86. The van der Waals surface area contributed by atoms with Crippen molar-refractivity contribution in [2.75, 3.05) is 18.9 Å². The van der Waals surface area contributed by atoms with Crippen LogP contribution in [0.3, 0.4) is 0 Å². The molecule has 2 aliphatic rings. The lowest BCUT2D eigenvalue weighted by Crippen LogP contribution is -2.38. The molecule has 3 heteroatoms. The molecule has 0 aromatic heterocycles. The Morgan fingerprint density at radius 1 is 1.20 bits per heavy atom. The van der Waals surface area contributed by atoms with Gasteiger partial charge in [0.2, 0.25) is 0 Å². The third-order valence-corrected chi connectivity index (χ3v) is 4.73. The Labute approximate surface area is 121 Å². The molecular formula is C17H24N2O. The van der Waals surface area contributed by atoms with Gasteiger partial charge in [-0.15, -0.1) is 0 Å². The molecule has 1 heterocycles. The first kappa shape index (κ1) is 13.5. The fourth-order valence-corrected chi connectivity index (χ4v) is 3.45. The molecule has 1 aromatic carbocycles. The molecule has 1 aliphatic carbocycles. The molecule has 0 atom stereocenters. The molecule has 0 bridgehead atoms. The van der Waals surface area contributed by atoms with E-state index in [0.29, 0.717) is 6.04 Å². The summed E-state index contributed by atoms with van der Waals surface area (Å²) in [4.78, 5) is 14.6. The summed E-state index contributed by atoms with van der Waals surface area (Å²) in [5.41, 5.74) is 3.34. The van der Waals surface area contributed by atoms with E-state index < -0.39 is 0 Å². The first-order chi connectivity index (χ1) is 9.75. The monoisotopic (exact) mass is 272 g/mol. The van der Waals surface area contributed by atoms with Crippen molar-refractivity contribution in [2.24, 2.45) is 0 Å². The Bertz CT molecular complexity index is 492. The van der Waals surface area contributed by atoms with Crippen molar-refractivity contribution in [1.82, 2.24) is 4.90 Å². The second-order valence-electron chi connectivity index (χ2n) is 6.11. The Balaban J connectivity index is 1.75. The maximum Gasteiger partial charge on any atom is 0.253 e. The van der Waals surface area contributed by atoms with E-state index in [9.17, 15) is 4.79 Å². The Morgan fingerprint density at radius 3 is 2.80 bits per heavy atom. The van der Waals surface area contributed by atoms with E-state index in [-0.39, 0.29) is 5.91 Å². The van der Waals surface area contributed by atoms with Gasteiger partial charge in [0.15, 0.2) is 0 Å². The van der Waals surface area contributed by atoms with E-state index in [1.165, 1.54) is 30.5 Å². The van der Waals surface area contributed by atoms with Crippen molar-refractivity contribution < 1.29 is 4.79 Å². The minimum atomic E-state index is 0.185. The molecule has 1 saturated carbocycles. The molecule has 0 unspecified atom stereocenters. The molecule has 1 N–H and O–H groups in total. The van der Waals surface area contributed by atoms with Gasteiger partial charge in [0.05, 0.1) is 0 Å². The third kappa shape index (κ3) is 2.67. The van der Waals surface area contributed by atoms with E-state index in [2.05, 4.69) is 17.4 Å². The Kier molecular flexibility index (Phi) is 3.95. The van der Waals surface area contributed by atoms with Crippen LogP contribution in [0.15, 0.2) is 18.2 Å². The molecule has 1 amide bonds. The van der Waals surface area contributed by atoms with Crippen LogP contribution in [-0.4, -0.2) is 30.4 Å². The van der Waals surface area contributed by atoms with Crippen LogP contribution in [0.4, 0.5) is 5.69 Å². The molecule has 0 spiro atoms. The smallest absolute Gasteiger partial charge is 0.253 e. The second-order valence-corrected chi connectivity index (χ2v) is 6.11. The fourth-order valence-electron chi connectivity index (χ4n) is 3.45. The number of carbonyl (C=O) groups excluding carboxylic acids is 1. The van der Waals surface area contributed by atoms with Crippen LogP contribution in [0.1, 0.15) is 54.4 Å². The van der Waals surface area contributed by atoms with Crippen LogP contribution in [0.2, 0.25) is 0 Å². The highest BCUT2D eigenvalue weighted by Gasteiger charge is 2.23. The molecule has 1 aliphatic heterocycles. The van der Waals surface area contributed by atoms with Gasteiger partial charge in [0.1, 0.15) is 0 Å². The molecule has 3 rings (SSSR count). The number of nitrogens with one attached hydrogen (secondary N) is 1. The highest BCUT2D eigenvalue weighted by Crippen LogP contribution is 2.26. The van der Waals surface area contributed by atoms with Gasteiger partial charge in [-0.1, -0.05) is 19.3 Å². The van der Waals surface area contributed by atoms with Crippen LogP contribution in [0.5, 0.6) is 0 Å². The first-order valence-electron chi connectivity index (χ1n) is 7.89. The zero-order chi connectivity index (χ0) is 13.9. The van der Waals surface area contributed by atoms with Crippen molar-refractivity contribution in [3.05, 3.63) is 29.3 Å². The zero-order valence-electron chi connectivity index (χ0n) is 12.3. The molecule has 3 nitrogen and oxygen atoms in total. The number of hydrogen-bond donors (Lipinski definition) is 1. The quantitative estimate of drug-likeness (QED) is 0.894. The molecule has 108 valence electrons. The molecule has 0 radical (unpaired) electrons. The highest BCUT2D eigenvalue weighted by atomic mass is 16.2. The zero-order valence-corrected chi connectivity index (χ0v) is 12.3. The number of fused-ring (bicyclic) bond motifs is 1. The van der Waals surface area contributed by atoms with E-state index >= 15 is 0 Å². The predicted molar refractivity (Wildman–Crippen MR) is 82.2 cm³/mol. The summed E-state index contributed by atoms with van der Waals surface area (Å²) in [5.74, 6) is 0.185. The summed E-state index contributed by atoms with van der Waals surface area (Å²) >= 11 is 0. The number of amides is 1. The maximum atomic E-state index is 12.6. The SMILES string of the molecule is CN(C(=O)c1ccc2c(c1)CCCN2)C1CCCCC1. The van der Waals surface area contributed by atoms with Gasteiger partial charge >= 0.3 is 0 Å². The molecule has 0 saturated heterocycles. The number of anilines is 1. The lowest BCUT2D eigenvalue weighted by atomic mass is 9.93. The normalized spacial score (nSPS) is 19.1. The van der Waals surface area contributed by atoms with Crippen LogP contribution >= 0.6 is 0 Å². The van der Waals surface area contributed by atoms with Gasteiger partial charge in [0, 0.05) is 30.9 Å². The fraction of sp³-hybridized carbons (Fsp3) is 0.588. The van der Waals surface area contributed by atoms with E-state index in [1.54, 1.807) is 0 Å². The summed E-state index contributed by atoms with van der Waals surface area (Å²) in [5, 5.41) is 3.40. The van der Waals surface area contributed by atoms with Crippen LogP contribution < -0.4 is 5.32 Å². The largest absolute Gasteiger partial charge is 0.385 e. The molecule has 1 aromatic rings. The Hall–Kier alpha value is -1.51. The van der Waals surface area contributed by atoms with Crippen LogP contribution in [0, 0.1) is 0 Å². The van der Waals surface area contributed by atoms with Crippen molar-refractivity contribution in [1.29, 1.82) is 0 Å². The summed E-state index contributed by atoms with van der Waals surface area (Å²) in [6.07, 6.45) is 8.40. The topological polar surface area (TPSA) is 32.3 Å². The van der Waals surface area contributed by atoms with Gasteiger partial charge in [-0.3, -0.25) is 4.79 Å². The number of hydrogen-bond acceptors (Lipinski definition) is 2. The molecule has 1 fully saturated rings. The standard InChI is InChI=1S/C17H24N2O/c1-19(15-7-3-2-4-8-15)17(20)14-9-10-16-13(12-14)6-5-11-18-16/h9-10,12,15,18H,2-8,11H2,1H3. The third-order valence-electron chi connectivity index (χ3n) is 4.73. The van der Waals surface area contributed by atoms with Gasteiger partial charge in [-0.05, 0) is 49.4 Å². The van der Waals surface area contributed by atoms with Gasteiger partial charge in [-0.2, -0.15) is 0 Å². The summed E-state index contributed by atoms with van der Waals surface area (Å²) in [7, 11) is 1.97. The average molecular weight is 272 g/mol. The Morgan fingerprint density at radius 2 is 2.00 bits per heavy atom. The summed E-state index contributed by atoms with van der Waals surface area (Å²) in [6.45, 7) is 1.04. The van der Waals surface area contributed by atoms with Crippen LogP contribution in [-0.2, 0) is 6.42 Å². The van der Waals surface area contributed by atoms with E-state index in [4.69, 9.17) is 0 Å². The minimum Gasteiger partial charge on any atom is -0.385 e. The number of nitrogens with zero attached hydrogens (tertiary/aromatic N) is 1. The number of aryl methyl sites for hydroxylation is 1. The highest BCUT2D eigenvalue weighted by molar-refractivity contribution is 5.95. The van der Waals surface area contributed by atoms with Crippen molar-refractivity contribution in [2.45, 2.75) is 51.0 Å². The van der Waals surface area contributed by atoms with Gasteiger partial charge in [0.25, 0.3) is 5.91 Å². The number of carbonyl (C=O) groups is 1. The van der Waals surface area contributed by atoms with E-state index in [0.717, 1.165) is 37.8 Å². The predicted octanol–water partition coefficient (Wildman–Crippen LogP) is 3.45. The first-order valence-corrected chi connectivity index (χ1v) is 7.89. The maximum absolute atomic E-state index is 12.6. The van der Waals surface area contributed by atoms with Crippen LogP contribution in [0.25, 0.3) is 0 Å². The van der Waals surface area contributed by atoms with Crippen molar-refractivity contribution >= 4 is 11.6 Å². The summed E-state index contributed by atoms with van der Waals surface area (Å²) < 4.78 is 0. The summed E-state index contributed by atoms with van der Waals surface area (Å²) in [6, 6.07) is 6.56. The number of rotatable bonds is 2.